The highest BCUT2D eigenvalue weighted by Crippen LogP contribution is 2.12. The van der Waals surface area contributed by atoms with E-state index in [2.05, 4.69) is 4.98 Å². The number of carboxylic acid groups (broad SMARTS) is 1. The van der Waals surface area contributed by atoms with Gasteiger partial charge in [0.15, 0.2) is 0 Å². The van der Waals surface area contributed by atoms with Crippen LogP contribution in [0.3, 0.4) is 0 Å². The van der Waals surface area contributed by atoms with Crippen molar-refractivity contribution in [3.8, 4) is 0 Å². The lowest BCUT2D eigenvalue weighted by Gasteiger charge is -2.10. The van der Waals surface area contributed by atoms with Crippen molar-refractivity contribution in [3.63, 3.8) is 0 Å². The molecule has 7 heteroatoms. The number of aromatic carboxylic acids is 1. The van der Waals surface area contributed by atoms with Gasteiger partial charge in [-0.2, -0.15) is 0 Å². The number of rotatable bonds is 3. The van der Waals surface area contributed by atoms with E-state index >= 15 is 0 Å². The highest BCUT2D eigenvalue weighted by Gasteiger charge is 2.17. The molecule has 1 N–H and O–H groups in total. The summed E-state index contributed by atoms with van der Waals surface area (Å²) in [6, 6.07) is 6.32. The first-order valence-electron chi connectivity index (χ1n) is 6.98. The summed E-state index contributed by atoms with van der Waals surface area (Å²) >= 11 is 0. The number of fused-ring (bicyclic) bond motifs is 1. The number of hydrogen-bond acceptors (Lipinski definition) is 4. The van der Waals surface area contributed by atoms with E-state index in [-0.39, 0.29) is 22.6 Å². The molecule has 0 aliphatic heterocycles. The summed E-state index contributed by atoms with van der Waals surface area (Å²) in [6.07, 6.45) is 4.47. The number of hydrogen-bond donors (Lipinski definition) is 1. The molecule has 0 aliphatic rings. The molecule has 0 unspecified atom stereocenters. The van der Waals surface area contributed by atoms with Crippen LogP contribution in [0.15, 0.2) is 47.7 Å². The van der Waals surface area contributed by atoms with Gasteiger partial charge in [0, 0.05) is 25.1 Å². The molecule has 0 fully saturated rings. The zero-order valence-electron chi connectivity index (χ0n) is 12.3. The first-order chi connectivity index (χ1) is 11.0. The Hall–Kier alpha value is -3.22. The number of carbonyl (C=O) groups excluding carboxylic acids is 1. The minimum atomic E-state index is -1.29. The molecular weight excluding hydrogens is 298 g/mol. The number of pyridine rings is 2. The zero-order valence-corrected chi connectivity index (χ0v) is 12.3. The monoisotopic (exact) mass is 311 g/mol. The van der Waals surface area contributed by atoms with Crippen molar-refractivity contribution in [2.75, 3.05) is 0 Å². The van der Waals surface area contributed by atoms with Crippen LogP contribution in [0.5, 0.6) is 0 Å². The van der Waals surface area contributed by atoms with Crippen molar-refractivity contribution in [1.29, 1.82) is 0 Å². The number of carboxylic acids is 1. The topological polar surface area (TPSA) is 94.2 Å². The first-order valence-corrected chi connectivity index (χ1v) is 6.98. The Kier molecular flexibility index (Phi) is 3.53. The predicted octanol–water partition coefficient (Wildman–Crippen LogP) is 1.60. The lowest BCUT2D eigenvalue weighted by atomic mass is 10.1. The first kappa shape index (κ1) is 14.7. The summed E-state index contributed by atoms with van der Waals surface area (Å²) in [5.41, 5.74) is -0.450. The number of aromatic nitrogens is 3. The van der Waals surface area contributed by atoms with Crippen molar-refractivity contribution in [3.05, 3.63) is 64.3 Å². The Morgan fingerprint density at radius 3 is 2.52 bits per heavy atom. The second kappa shape index (κ2) is 5.53. The van der Waals surface area contributed by atoms with E-state index in [0.29, 0.717) is 12.2 Å². The Balaban J connectivity index is 2.24. The summed E-state index contributed by atoms with van der Waals surface area (Å²) in [6.45, 7) is 2.23. The molecule has 0 aromatic carbocycles. The molecule has 116 valence electrons. The number of nitrogens with zero attached hydrogens (tertiary/aromatic N) is 3. The normalized spacial score (nSPS) is 10.8. The van der Waals surface area contributed by atoms with Gasteiger partial charge in [-0.15, -0.1) is 0 Å². The summed E-state index contributed by atoms with van der Waals surface area (Å²) in [5, 5.41) is 9.30. The van der Waals surface area contributed by atoms with Crippen LogP contribution in [0, 0.1) is 0 Å². The van der Waals surface area contributed by atoms with Crippen molar-refractivity contribution in [2.45, 2.75) is 13.5 Å². The average molecular weight is 311 g/mol. The Labute approximate surface area is 130 Å². The zero-order chi connectivity index (χ0) is 16.6. The quantitative estimate of drug-likeness (QED) is 0.793. The second-order valence-corrected chi connectivity index (χ2v) is 4.93. The third-order valence-corrected chi connectivity index (χ3v) is 3.55. The molecule has 0 aliphatic carbocycles. The molecule has 0 saturated carbocycles. The SMILES string of the molecule is CCn1cc(C(=O)O)c(=O)c2ccc(C(=O)n3cccc3)nc21. The predicted molar refractivity (Wildman–Crippen MR) is 82.8 cm³/mol. The molecule has 3 heterocycles. The standard InChI is InChI=1S/C16H13N3O4/c1-2-18-9-11(16(22)23)13(20)10-5-6-12(17-14(10)18)15(21)19-7-3-4-8-19/h3-9H,2H2,1H3,(H,22,23). The van der Waals surface area contributed by atoms with Crippen LogP contribution in [-0.4, -0.2) is 31.1 Å². The molecule has 0 radical (unpaired) electrons. The van der Waals surface area contributed by atoms with Gasteiger partial charge in [0.2, 0.25) is 5.43 Å². The van der Waals surface area contributed by atoms with Crippen LogP contribution >= 0.6 is 0 Å². The third-order valence-electron chi connectivity index (χ3n) is 3.55. The number of carbonyl (C=O) groups is 2. The molecule has 7 nitrogen and oxygen atoms in total. The van der Waals surface area contributed by atoms with E-state index in [1.54, 1.807) is 36.0 Å². The molecule has 0 atom stereocenters. The Morgan fingerprint density at radius 1 is 1.22 bits per heavy atom. The average Bonchev–Trinajstić information content (AvgIpc) is 3.08. The minimum absolute atomic E-state index is 0.177. The summed E-state index contributed by atoms with van der Waals surface area (Å²) in [7, 11) is 0. The lowest BCUT2D eigenvalue weighted by molar-refractivity contribution is 0.0694. The molecule has 3 aromatic rings. The third kappa shape index (κ3) is 2.42. The molecule has 0 amide bonds. The molecule has 3 aromatic heterocycles. The van der Waals surface area contributed by atoms with Crippen molar-refractivity contribution in [1.82, 2.24) is 14.1 Å². The maximum absolute atomic E-state index is 12.3. The number of aryl methyl sites for hydroxylation is 1. The molecule has 0 spiro atoms. The second-order valence-electron chi connectivity index (χ2n) is 4.93. The fourth-order valence-corrected chi connectivity index (χ4v) is 2.38. The van der Waals surface area contributed by atoms with E-state index in [4.69, 9.17) is 5.11 Å². The lowest BCUT2D eigenvalue weighted by Crippen LogP contribution is -2.20. The smallest absolute Gasteiger partial charge is 0.341 e. The van der Waals surface area contributed by atoms with Crippen LogP contribution in [0.1, 0.15) is 27.8 Å². The van der Waals surface area contributed by atoms with E-state index in [1.807, 2.05) is 0 Å². The van der Waals surface area contributed by atoms with Gasteiger partial charge in [-0.1, -0.05) is 0 Å². The summed E-state index contributed by atoms with van der Waals surface area (Å²) in [5.74, 6) is -1.61. The Morgan fingerprint density at radius 2 is 1.91 bits per heavy atom. The van der Waals surface area contributed by atoms with Gasteiger partial charge in [-0.05, 0) is 31.2 Å². The van der Waals surface area contributed by atoms with Crippen molar-refractivity contribution in [2.24, 2.45) is 0 Å². The molecule has 23 heavy (non-hydrogen) atoms. The van der Waals surface area contributed by atoms with Crippen LogP contribution in [0.25, 0.3) is 11.0 Å². The highest BCUT2D eigenvalue weighted by atomic mass is 16.4. The van der Waals surface area contributed by atoms with E-state index < -0.39 is 11.4 Å². The van der Waals surface area contributed by atoms with Crippen molar-refractivity contribution < 1.29 is 14.7 Å². The van der Waals surface area contributed by atoms with E-state index in [9.17, 15) is 14.4 Å². The van der Waals surface area contributed by atoms with Gasteiger partial charge in [0.1, 0.15) is 16.9 Å². The molecule has 0 bridgehead atoms. The highest BCUT2D eigenvalue weighted by molar-refractivity contribution is 5.97. The maximum Gasteiger partial charge on any atom is 0.341 e. The van der Waals surface area contributed by atoms with Crippen LogP contribution in [-0.2, 0) is 6.54 Å². The van der Waals surface area contributed by atoms with Gasteiger partial charge in [0.05, 0.1) is 5.39 Å². The van der Waals surface area contributed by atoms with Gasteiger partial charge in [-0.25, -0.2) is 9.78 Å². The van der Waals surface area contributed by atoms with Crippen LogP contribution in [0.4, 0.5) is 0 Å². The van der Waals surface area contributed by atoms with Crippen LogP contribution < -0.4 is 5.43 Å². The van der Waals surface area contributed by atoms with E-state index in [0.717, 1.165) is 0 Å². The Bertz CT molecular complexity index is 971. The summed E-state index contributed by atoms with van der Waals surface area (Å²) < 4.78 is 2.93. The van der Waals surface area contributed by atoms with Gasteiger partial charge in [0.25, 0.3) is 5.91 Å². The van der Waals surface area contributed by atoms with Gasteiger partial charge < -0.3 is 9.67 Å². The fraction of sp³-hybridized carbons (Fsp3) is 0.125. The largest absolute Gasteiger partial charge is 0.477 e. The molecular formula is C16H13N3O4. The van der Waals surface area contributed by atoms with Gasteiger partial charge in [-0.3, -0.25) is 14.2 Å². The van der Waals surface area contributed by atoms with Crippen molar-refractivity contribution >= 4 is 22.9 Å². The van der Waals surface area contributed by atoms with E-state index in [1.165, 1.54) is 22.9 Å². The maximum atomic E-state index is 12.3. The molecule has 0 saturated heterocycles. The fourth-order valence-electron chi connectivity index (χ4n) is 2.38. The van der Waals surface area contributed by atoms with Crippen LogP contribution in [0.2, 0.25) is 0 Å². The van der Waals surface area contributed by atoms with Gasteiger partial charge >= 0.3 is 5.97 Å². The summed E-state index contributed by atoms with van der Waals surface area (Å²) in [4.78, 5) is 40.0. The minimum Gasteiger partial charge on any atom is -0.477 e. The molecule has 3 rings (SSSR count).